The van der Waals surface area contributed by atoms with E-state index in [0.29, 0.717) is 0 Å². The van der Waals surface area contributed by atoms with Gasteiger partial charge < -0.3 is 0 Å². The third-order valence-corrected chi connectivity index (χ3v) is 2.32. The lowest BCUT2D eigenvalue weighted by molar-refractivity contribution is 0.882. The molecule has 0 bridgehead atoms. The van der Waals surface area contributed by atoms with Gasteiger partial charge in [0.15, 0.2) is 0 Å². The summed E-state index contributed by atoms with van der Waals surface area (Å²) in [4.78, 5) is 0. The Morgan fingerprint density at radius 2 is 2.18 bits per heavy atom. The van der Waals surface area contributed by atoms with Crippen LogP contribution in [-0.4, -0.2) is 0 Å². The second kappa shape index (κ2) is 3.77. The highest BCUT2D eigenvalue weighted by atomic mass is 35.5. The summed E-state index contributed by atoms with van der Waals surface area (Å²) in [5.74, 6) is 0. The summed E-state index contributed by atoms with van der Waals surface area (Å²) in [6.07, 6.45) is 0.991. The second-order valence-electron chi connectivity index (χ2n) is 2.79. The van der Waals surface area contributed by atoms with Crippen LogP contribution in [0.1, 0.15) is 29.8 Å². The number of alkyl halides is 1. The minimum absolute atomic E-state index is 0.176. The Kier molecular flexibility index (Phi) is 2.95. The Morgan fingerprint density at radius 3 is 2.73 bits per heavy atom. The summed E-state index contributed by atoms with van der Waals surface area (Å²) in [5.41, 5.74) is 2.51. The van der Waals surface area contributed by atoms with Gasteiger partial charge in [0.05, 0.1) is 5.38 Å². The van der Waals surface area contributed by atoms with Crippen molar-refractivity contribution in [1.29, 1.82) is 0 Å². The van der Waals surface area contributed by atoms with Crippen molar-refractivity contribution in [2.24, 2.45) is 0 Å². The molecule has 0 aliphatic heterocycles. The molecule has 0 nitrogen and oxygen atoms in total. The van der Waals surface area contributed by atoms with Crippen LogP contribution in [-0.2, 0) is 0 Å². The lowest BCUT2D eigenvalue weighted by Gasteiger charge is -2.06. The quantitative estimate of drug-likeness (QED) is 0.591. The van der Waals surface area contributed by atoms with Crippen molar-refractivity contribution < 1.29 is 0 Å². The highest BCUT2D eigenvalue weighted by Gasteiger charge is 2.03. The minimum Gasteiger partial charge on any atom is -0.118 e. The molecule has 1 unspecified atom stereocenters. The molecule has 0 radical (unpaired) electrons. The molecule has 1 heteroatoms. The minimum atomic E-state index is 0.176. The normalized spacial score (nSPS) is 13.0. The number of aryl methyl sites for hydroxylation is 1. The van der Waals surface area contributed by atoms with Gasteiger partial charge in [-0.2, -0.15) is 0 Å². The number of benzene rings is 1. The summed E-state index contributed by atoms with van der Waals surface area (Å²) in [6.45, 7) is 4.18. The molecular weight excluding hydrogens is 156 g/mol. The maximum absolute atomic E-state index is 6.06. The molecule has 60 valence electrons. The Bertz CT molecular complexity index is 230. The SMILES string of the molecule is CCC(Cl)c1cccc(C)c1. The molecule has 0 aliphatic rings. The first kappa shape index (κ1) is 8.61. The van der Waals surface area contributed by atoms with Crippen LogP contribution in [0.3, 0.4) is 0 Å². The van der Waals surface area contributed by atoms with Gasteiger partial charge in [-0.05, 0) is 18.9 Å². The predicted octanol–water partition coefficient (Wildman–Crippen LogP) is 3.68. The van der Waals surface area contributed by atoms with Crippen molar-refractivity contribution in [2.75, 3.05) is 0 Å². The van der Waals surface area contributed by atoms with E-state index in [1.54, 1.807) is 0 Å². The van der Waals surface area contributed by atoms with Crippen LogP contribution in [0.2, 0.25) is 0 Å². The van der Waals surface area contributed by atoms with Gasteiger partial charge in [-0.3, -0.25) is 0 Å². The van der Waals surface area contributed by atoms with E-state index in [0.717, 1.165) is 6.42 Å². The highest BCUT2D eigenvalue weighted by molar-refractivity contribution is 6.20. The Hall–Kier alpha value is -0.490. The first-order valence-electron chi connectivity index (χ1n) is 3.94. The average molecular weight is 169 g/mol. The lowest BCUT2D eigenvalue weighted by Crippen LogP contribution is -1.87. The van der Waals surface area contributed by atoms with E-state index >= 15 is 0 Å². The molecule has 0 N–H and O–H groups in total. The molecule has 0 amide bonds. The van der Waals surface area contributed by atoms with E-state index in [-0.39, 0.29) is 5.38 Å². The molecule has 1 rings (SSSR count). The van der Waals surface area contributed by atoms with Gasteiger partial charge in [0.1, 0.15) is 0 Å². The lowest BCUT2D eigenvalue weighted by atomic mass is 10.1. The van der Waals surface area contributed by atoms with Gasteiger partial charge in [0.2, 0.25) is 0 Å². The van der Waals surface area contributed by atoms with E-state index < -0.39 is 0 Å². The number of hydrogen-bond donors (Lipinski definition) is 0. The zero-order valence-electron chi connectivity index (χ0n) is 6.97. The van der Waals surface area contributed by atoms with Crippen molar-refractivity contribution in [3.8, 4) is 0 Å². The van der Waals surface area contributed by atoms with Crippen molar-refractivity contribution in [3.63, 3.8) is 0 Å². The van der Waals surface area contributed by atoms with Gasteiger partial charge in [-0.25, -0.2) is 0 Å². The van der Waals surface area contributed by atoms with E-state index in [4.69, 9.17) is 11.6 Å². The van der Waals surface area contributed by atoms with Crippen molar-refractivity contribution in [1.82, 2.24) is 0 Å². The summed E-state index contributed by atoms with van der Waals surface area (Å²) < 4.78 is 0. The monoisotopic (exact) mass is 168 g/mol. The highest BCUT2D eigenvalue weighted by Crippen LogP contribution is 2.23. The maximum atomic E-state index is 6.06. The van der Waals surface area contributed by atoms with Gasteiger partial charge in [0, 0.05) is 0 Å². The van der Waals surface area contributed by atoms with Gasteiger partial charge in [-0.1, -0.05) is 36.8 Å². The van der Waals surface area contributed by atoms with Gasteiger partial charge >= 0.3 is 0 Å². The van der Waals surface area contributed by atoms with Crippen LogP contribution in [0, 0.1) is 6.92 Å². The van der Waals surface area contributed by atoms with Gasteiger partial charge in [0.25, 0.3) is 0 Å². The Balaban J connectivity index is 2.86. The van der Waals surface area contributed by atoms with Gasteiger partial charge in [-0.15, -0.1) is 11.6 Å². The third-order valence-electron chi connectivity index (χ3n) is 1.76. The smallest absolute Gasteiger partial charge is 0.0582 e. The molecule has 0 heterocycles. The topological polar surface area (TPSA) is 0 Å². The third kappa shape index (κ3) is 2.23. The van der Waals surface area contributed by atoms with E-state index in [2.05, 4.69) is 38.1 Å². The van der Waals surface area contributed by atoms with Crippen LogP contribution in [0.5, 0.6) is 0 Å². The summed E-state index contributed by atoms with van der Waals surface area (Å²) in [6, 6.07) is 8.35. The van der Waals surface area contributed by atoms with Crippen LogP contribution in [0.25, 0.3) is 0 Å². The van der Waals surface area contributed by atoms with Crippen LogP contribution >= 0.6 is 11.6 Å². The molecule has 11 heavy (non-hydrogen) atoms. The molecule has 0 saturated carbocycles. The maximum Gasteiger partial charge on any atom is 0.0582 e. The van der Waals surface area contributed by atoms with Crippen molar-refractivity contribution in [2.45, 2.75) is 25.6 Å². The second-order valence-corrected chi connectivity index (χ2v) is 3.32. The number of rotatable bonds is 2. The fourth-order valence-electron chi connectivity index (χ4n) is 1.10. The average Bonchev–Trinajstić information content (AvgIpc) is 2.03. The zero-order valence-corrected chi connectivity index (χ0v) is 7.73. The molecular formula is C10H13Cl. The first-order chi connectivity index (χ1) is 5.24. The predicted molar refractivity (Wildman–Crippen MR) is 50.1 cm³/mol. The Labute approximate surface area is 73.2 Å². The first-order valence-corrected chi connectivity index (χ1v) is 4.38. The molecule has 0 fully saturated rings. The van der Waals surface area contributed by atoms with Crippen molar-refractivity contribution >= 4 is 11.6 Å². The molecule has 1 aromatic rings. The van der Waals surface area contributed by atoms with Crippen LogP contribution in [0.15, 0.2) is 24.3 Å². The molecule has 0 aliphatic carbocycles. The Morgan fingerprint density at radius 1 is 1.45 bits per heavy atom. The number of halogens is 1. The molecule has 0 spiro atoms. The molecule has 1 aromatic carbocycles. The number of hydrogen-bond acceptors (Lipinski definition) is 0. The summed E-state index contributed by atoms with van der Waals surface area (Å²) in [5, 5.41) is 0.176. The molecule has 0 aromatic heterocycles. The van der Waals surface area contributed by atoms with Crippen LogP contribution in [0.4, 0.5) is 0 Å². The largest absolute Gasteiger partial charge is 0.118 e. The standard InChI is InChI=1S/C10H13Cl/c1-3-10(11)9-6-4-5-8(2)7-9/h4-7,10H,3H2,1-2H3. The summed E-state index contributed by atoms with van der Waals surface area (Å²) >= 11 is 6.06. The van der Waals surface area contributed by atoms with E-state index in [9.17, 15) is 0 Å². The fraction of sp³-hybridized carbons (Fsp3) is 0.400. The van der Waals surface area contributed by atoms with Crippen LogP contribution < -0.4 is 0 Å². The molecule has 0 saturated heterocycles. The fourth-order valence-corrected chi connectivity index (χ4v) is 1.24. The van der Waals surface area contributed by atoms with E-state index in [1.807, 2.05) is 0 Å². The molecule has 1 atom stereocenters. The van der Waals surface area contributed by atoms with E-state index in [1.165, 1.54) is 11.1 Å². The van der Waals surface area contributed by atoms with Crippen molar-refractivity contribution in [3.05, 3.63) is 35.4 Å². The zero-order chi connectivity index (χ0) is 8.27. The summed E-state index contributed by atoms with van der Waals surface area (Å²) in [7, 11) is 0.